The standard InChI is InChI=1S/C21H24N4O4S2/c1-13-7-9-25(10-8-13)21(27)19-20(26)23-16-11-15(4-5-17(16)30-19)31(28,29)24-18-6-3-14(2)12-22-18/h3-6,11-13,19H,7-10H2,1-2H3,(H,22,24)(H,23,26)/t19-/m0/s1. The van der Waals surface area contributed by atoms with Gasteiger partial charge in [-0.1, -0.05) is 13.0 Å². The number of nitrogens with zero attached hydrogens (tertiary/aromatic N) is 2. The van der Waals surface area contributed by atoms with Gasteiger partial charge in [-0.2, -0.15) is 0 Å². The van der Waals surface area contributed by atoms with Crippen LogP contribution >= 0.6 is 11.8 Å². The molecule has 31 heavy (non-hydrogen) atoms. The van der Waals surface area contributed by atoms with Gasteiger partial charge < -0.3 is 10.2 Å². The summed E-state index contributed by atoms with van der Waals surface area (Å²) in [7, 11) is -3.88. The molecule has 10 heteroatoms. The number of nitrogens with one attached hydrogen (secondary N) is 2. The fourth-order valence-electron chi connectivity index (χ4n) is 3.54. The van der Waals surface area contributed by atoms with Crippen LogP contribution in [0.2, 0.25) is 0 Å². The van der Waals surface area contributed by atoms with Crippen molar-refractivity contribution in [1.29, 1.82) is 0 Å². The second-order valence-corrected chi connectivity index (χ2v) is 10.8. The lowest BCUT2D eigenvalue weighted by Crippen LogP contribution is -2.47. The van der Waals surface area contributed by atoms with Crippen molar-refractivity contribution in [2.45, 2.75) is 41.7 Å². The fraction of sp³-hybridized carbons (Fsp3) is 0.381. The number of fused-ring (bicyclic) bond motifs is 1. The summed E-state index contributed by atoms with van der Waals surface area (Å²) in [6.45, 7) is 5.34. The van der Waals surface area contributed by atoms with Gasteiger partial charge in [0.1, 0.15) is 5.82 Å². The monoisotopic (exact) mass is 460 g/mol. The number of aryl methyl sites for hydroxylation is 1. The summed E-state index contributed by atoms with van der Waals surface area (Å²) in [6.07, 6.45) is 3.44. The van der Waals surface area contributed by atoms with Crippen molar-refractivity contribution < 1.29 is 18.0 Å². The first-order chi connectivity index (χ1) is 14.7. The Hall–Kier alpha value is -2.59. The second-order valence-electron chi connectivity index (χ2n) is 7.98. The summed E-state index contributed by atoms with van der Waals surface area (Å²) in [6, 6.07) is 7.83. The third kappa shape index (κ3) is 4.69. The highest BCUT2D eigenvalue weighted by Crippen LogP contribution is 2.38. The normalized spacial score (nSPS) is 19.5. The molecule has 0 bridgehead atoms. The molecule has 0 saturated carbocycles. The molecule has 1 atom stereocenters. The van der Waals surface area contributed by atoms with Crippen molar-refractivity contribution in [2.24, 2.45) is 5.92 Å². The number of likely N-dealkylation sites (tertiary alicyclic amines) is 1. The summed E-state index contributed by atoms with van der Waals surface area (Å²) in [5.41, 5.74) is 1.30. The lowest BCUT2D eigenvalue weighted by molar-refractivity contribution is -0.135. The second kappa shape index (κ2) is 8.51. The highest BCUT2D eigenvalue weighted by Gasteiger charge is 2.37. The number of hydrogen-bond donors (Lipinski definition) is 2. The topological polar surface area (TPSA) is 108 Å². The number of carbonyl (C=O) groups is 2. The Labute approximate surface area is 185 Å². The third-order valence-corrected chi connectivity index (χ3v) is 8.09. The summed E-state index contributed by atoms with van der Waals surface area (Å²) < 4.78 is 27.9. The maximum atomic E-state index is 12.9. The number of rotatable bonds is 4. The molecule has 0 radical (unpaired) electrons. The SMILES string of the molecule is Cc1ccc(NS(=O)(=O)c2ccc3c(c2)NC(=O)[C@@H](C(=O)N2CCC(C)CC2)S3)nc1. The number of carbonyl (C=O) groups excluding carboxylic acids is 2. The van der Waals surface area contributed by atoms with Crippen LogP contribution in [0.3, 0.4) is 0 Å². The molecule has 8 nitrogen and oxygen atoms in total. The van der Waals surface area contributed by atoms with Crippen LogP contribution in [0.25, 0.3) is 0 Å². The number of hydrogen-bond acceptors (Lipinski definition) is 6. The van der Waals surface area contributed by atoms with Gasteiger partial charge in [0.15, 0.2) is 5.25 Å². The molecule has 164 valence electrons. The Balaban J connectivity index is 1.51. The minimum Gasteiger partial charge on any atom is -0.341 e. The van der Waals surface area contributed by atoms with Gasteiger partial charge in [0, 0.05) is 24.2 Å². The van der Waals surface area contributed by atoms with Crippen molar-refractivity contribution in [3.05, 3.63) is 42.1 Å². The summed E-state index contributed by atoms with van der Waals surface area (Å²) in [5, 5.41) is 1.84. The third-order valence-electron chi connectivity index (χ3n) is 5.47. The van der Waals surface area contributed by atoms with E-state index in [0.717, 1.165) is 30.2 Å². The lowest BCUT2D eigenvalue weighted by atomic mass is 9.99. The summed E-state index contributed by atoms with van der Waals surface area (Å²) >= 11 is 1.16. The van der Waals surface area contributed by atoms with E-state index < -0.39 is 21.2 Å². The Morgan fingerprint density at radius 1 is 1.23 bits per heavy atom. The van der Waals surface area contributed by atoms with Crippen molar-refractivity contribution in [2.75, 3.05) is 23.1 Å². The molecular weight excluding hydrogens is 436 g/mol. The Bertz CT molecular complexity index is 1110. The zero-order valence-electron chi connectivity index (χ0n) is 17.3. The minimum absolute atomic E-state index is 0.00400. The number of anilines is 2. The van der Waals surface area contributed by atoms with Crippen LogP contribution in [0.4, 0.5) is 11.5 Å². The molecule has 2 amide bonds. The highest BCUT2D eigenvalue weighted by atomic mass is 32.2. The van der Waals surface area contributed by atoms with E-state index in [0.29, 0.717) is 29.6 Å². The van der Waals surface area contributed by atoms with Gasteiger partial charge in [0.2, 0.25) is 11.8 Å². The average molecular weight is 461 g/mol. The summed E-state index contributed by atoms with van der Waals surface area (Å²) in [5.74, 6) is 0.178. The van der Waals surface area contributed by atoms with Crippen molar-refractivity contribution in [3.63, 3.8) is 0 Å². The van der Waals surface area contributed by atoms with Crippen LogP contribution in [0, 0.1) is 12.8 Å². The van der Waals surface area contributed by atoms with Crippen LogP contribution in [0.5, 0.6) is 0 Å². The van der Waals surface area contributed by atoms with E-state index in [1.807, 2.05) is 6.92 Å². The van der Waals surface area contributed by atoms with Gasteiger partial charge in [0.05, 0.1) is 10.6 Å². The van der Waals surface area contributed by atoms with Gasteiger partial charge in [-0.25, -0.2) is 13.4 Å². The van der Waals surface area contributed by atoms with Crippen molar-refractivity contribution in [3.8, 4) is 0 Å². The first-order valence-corrected chi connectivity index (χ1v) is 12.4. The van der Waals surface area contributed by atoms with Crippen LogP contribution in [-0.2, 0) is 19.6 Å². The highest BCUT2D eigenvalue weighted by molar-refractivity contribution is 8.01. The first kappa shape index (κ1) is 21.6. The largest absolute Gasteiger partial charge is 0.341 e. The molecule has 0 spiro atoms. The molecule has 3 heterocycles. The van der Waals surface area contributed by atoms with Crippen LogP contribution in [0.1, 0.15) is 25.3 Å². The van der Waals surface area contributed by atoms with E-state index in [-0.39, 0.29) is 16.6 Å². The smallest absolute Gasteiger partial charge is 0.263 e. The van der Waals surface area contributed by atoms with E-state index in [2.05, 4.69) is 21.9 Å². The molecular formula is C21H24N4O4S2. The molecule has 2 N–H and O–H groups in total. The van der Waals surface area contributed by atoms with Gasteiger partial charge in [-0.15, -0.1) is 11.8 Å². The Morgan fingerprint density at radius 2 is 1.97 bits per heavy atom. The van der Waals surface area contributed by atoms with Gasteiger partial charge in [-0.3, -0.25) is 14.3 Å². The predicted molar refractivity (Wildman–Crippen MR) is 119 cm³/mol. The number of piperidine rings is 1. The molecule has 2 aliphatic rings. The number of sulfonamides is 1. The molecule has 0 unspecified atom stereocenters. The quantitative estimate of drug-likeness (QED) is 0.679. The number of thioether (sulfide) groups is 1. The van der Waals surface area contributed by atoms with Crippen molar-refractivity contribution >= 4 is 45.1 Å². The summed E-state index contributed by atoms with van der Waals surface area (Å²) in [4.78, 5) is 32.0. The number of amides is 2. The molecule has 1 fully saturated rings. The van der Waals surface area contributed by atoms with Crippen molar-refractivity contribution in [1.82, 2.24) is 9.88 Å². The Kier molecular flexibility index (Phi) is 5.94. The number of aromatic nitrogens is 1. The van der Waals surface area contributed by atoms with E-state index in [1.54, 1.807) is 29.3 Å². The molecule has 2 aliphatic heterocycles. The first-order valence-electron chi connectivity index (χ1n) is 10.1. The molecule has 1 aromatic heterocycles. The average Bonchev–Trinajstić information content (AvgIpc) is 2.74. The van der Waals surface area contributed by atoms with E-state index >= 15 is 0 Å². The maximum Gasteiger partial charge on any atom is 0.263 e. The van der Waals surface area contributed by atoms with Crippen LogP contribution in [0.15, 0.2) is 46.3 Å². The predicted octanol–water partition coefficient (Wildman–Crippen LogP) is 2.86. The zero-order valence-corrected chi connectivity index (χ0v) is 18.9. The van der Waals surface area contributed by atoms with E-state index in [1.165, 1.54) is 12.1 Å². The number of pyridine rings is 1. The minimum atomic E-state index is -3.88. The van der Waals surface area contributed by atoms with Gasteiger partial charge >= 0.3 is 0 Å². The maximum absolute atomic E-state index is 12.9. The molecule has 1 aromatic carbocycles. The van der Waals surface area contributed by atoms with Gasteiger partial charge in [-0.05, 0) is 55.5 Å². The molecule has 2 aromatic rings. The van der Waals surface area contributed by atoms with E-state index in [4.69, 9.17) is 0 Å². The van der Waals surface area contributed by atoms with Crippen LogP contribution < -0.4 is 10.0 Å². The van der Waals surface area contributed by atoms with Crippen LogP contribution in [-0.4, -0.2) is 48.5 Å². The Morgan fingerprint density at radius 3 is 2.65 bits per heavy atom. The van der Waals surface area contributed by atoms with E-state index in [9.17, 15) is 18.0 Å². The molecule has 0 aliphatic carbocycles. The zero-order chi connectivity index (χ0) is 22.2. The number of benzene rings is 1. The fourth-order valence-corrected chi connectivity index (χ4v) is 5.63. The van der Waals surface area contributed by atoms with Gasteiger partial charge in [0.25, 0.3) is 10.0 Å². The lowest BCUT2D eigenvalue weighted by Gasteiger charge is -2.33. The molecule has 1 saturated heterocycles. The molecule has 4 rings (SSSR count).